The quantitative estimate of drug-likeness (QED) is 0.724. The summed E-state index contributed by atoms with van der Waals surface area (Å²) >= 11 is 0. The van der Waals surface area contributed by atoms with Crippen molar-refractivity contribution in [2.24, 2.45) is 7.05 Å². The summed E-state index contributed by atoms with van der Waals surface area (Å²) in [5.41, 5.74) is 5.85. The van der Waals surface area contributed by atoms with Crippen molar-refractivity contribution in [3.05, 3.63) is 82.2 Å². The fraction of sp³-hybridized carbons (Fsp3) is 0.273. The third-order valence-electron chi connectivity index (χ3n) is 4.56. The third kappa shape index (κ3) is 4.56. The second-order valence-electron chi connectivity index (χ2n) is 6.80. The summed E-state index contributed by atoms with van der Waals surface area (Å²) in [7, 11) is 1.87. The van der Waals surface area contributed by atoms with Crippen molar-refractivity contribution in [3.8, 4) is 5.75 Å². The molecule has 27 heavy (non-hydrogen) atoms. The molecule has 2 aromatic carbocycles. The smallest absolute Gasteiger partial charge is 0.251 e. The summed E-state index contributed by atoms with van der Waals surface area (Å²) in [6, 6.07) is 13.6. The highest BCUT2D eigenvalue weighted by atomic mass is 16.5. The molecule has 0 aliphatic heterocycles. The molecule has 3 aromatic rings. The van der Waals surface area contributed by atoms with Gasteiger partial charge in [-0.3, -0.25) is 9.48 Å². The van der Waals surface area contributed by atoms with Crippen LogP contribution in [0.4, 0.5) is 0 Å². The van der Waals surface area contributed by atoms with E-state index in [4.69, 9.17) is 4.74 Å². The van der Waals surface area contributed by atoms with E-state index < -0.39 is 0 Å². The predicted molar refractivity (Wildman–Crippen MR) is 106 cm³/mol. The molecule has 140 valence electrons. The molecule has 0 saturated heterocycles. The van der Waals surface area contributed by atoms with Gasteiger partial charge in [0.05, 0.1) is 5.69 Å². The number of carbonyl (C=O) groups is 1. The first kappa shape index (κ1) is 18.7. The zero-order chi connectivity index (χ0) is 19.4. The van der Waals surface area contributed by atoms with Gasteiger partial charge in [-0.05, 0) is 49.6 Å². The maximum absolute atomic E-state index is 12.3. The van der Waals surface area contributed by atoms with Gasteiger partial charge in [-0.15, -0.1) is 0 Å². The number of nitrogens with one attached hydrogen (secondary N) is 1. The van der Waals surface area contributed by atoms with Gasteiger partial charge in [0.25, 0.3) is 5.91 Å². The summed E-state index contributed by atoms with van der Waals surface area (Å²) < 4.78 is 7.72. The highest BCUT2D eigenvalue weighted by Crippen LogP contribution is 2.23. The molecular weight excluding hydrogens is 338 g/mol. The van der Waals surface area contributed by atoms with Crippen LogP contribution in [-0.4, -0.2) is 15.7 Å². The van der Waals surface area contributed by atoms with E-state index in [9.17, 15) is 4.79 Å². The van der Waals surface area contributed by atoms with E-state index in [1.807, 2.05) is 76.5 Å². The lowest BCUT2D eigenvalue weighted by atomic mass is 10.1. The van der Waals surface area contributed by atoms with E-state index >= 15 is 0 Å². The van der Waals surface area contributed by atoms with E-state index in [1.165, 1.54) is 0 Å². The van der Waals surface area contributed by atoms with Crippen LogP contribution in [0.2, 0.25) is 0 Å². The molecule has 3 rings (SSSR count). The molecule has 0 aliphatic rings. The molecule has 0 radical (unpaired) electrons. The predicted octanol–water partition coefficient (Wildman–Crippen LogP) is 3.85. The van der Waals surface area contributed by atoms with Crippen molar-refractivity contribution in [1.29, 1.82) is 0 Å². The van der Waals surface area contributed by atoms with E-state index in [-0.39, 0.29) is 5.91 Å². The molecule has 0 saturated carbocycles. The van der Waals surface area contributed by atoms with Gasteiger partial charge >= 0.3 is 0 Å². The lowest BCUT2D eigenvalue weighted by Gasteiger charge is -2.12. The van der Waals surface area contributed by atoms with Crippen LogP contribution in [0.25, 0.3) is 0 Å². The molecule has 1 N–H and O–H groups in total. The Balaban J connectivity index is 1.58. The Morgan fingerprint density at radius 2 is 1.74 bits per heavy atom. The normalized spacial score (nSPS) is 10.7. The summed E-state index contributed by atoms with van der Waals surface area (Å²) in [5.74, 6) is 0.826. The second-order valence-corrected chi connectivity index (χ2v) is 6.80. The molecule has 0 bridgehead atoms. The third-order valence-corrected chi connectivity index (χ3v) is 4.56. The summed E-state index contributed by atoms with van der Waals surface area (Å²) in [6.45, 7) is 6.96. The van der Waals surface area contributed by atoms with E-state index in [0.717, 1.165) is 33.7 Å². The van der Waals surface area contributed by atoms with Crippen LogP contribution in [0.15, 0.2) is 48.7 Å². The van der Waals surface area contributed by atoms with E-state index in [2.05, 4.69) is 10.4 Å². The van der Waals surface area contributed by atoms with Crippen LogP contribution in [0.5, 0.6) is 5.75 Å². The van der Waals surface area contributed by atoms with Crippen LogP contribution in [0.3, 0.4) is 0 Å². The van der Waals surface area contributed by atoms with E-state index in [0.29, 0.717) is 18.7 Å². The second kappa shape index (κ2) is 8.08. The largest absolute Gasteiger partial charge is 0.488 e. The van der Waals surface area contributed by atoms with Crippen LogP contribution >= 0.6 is 0 Å². The lowest BCUT2D eigenvalue weighted by Crippen LogP contribution is -2.22. The fourth-order valence-electron chi connectivity index (χ4n) is 3.03. The Hall–Kier alpha value is -3.08. The number of hydrogen-bond acceptors (Lipinski definition) is 3. The van der Waals surface area contributed by atoms with Crippen LogP contribution in [0.1, 0.15) is 38.3 Å². The SMILES string of the molecule is Cc1cccc(C)c1OCc1ccc(C(=O)NCc2cn(C)nc2C)cc1. The van der Waals surface area contributed by atoms with Gasteiger partial charge in [-0.1, -0.05) is 30.3 Å². The summed E-state index contributed by atoms with van der Waals surface area (Å²) in [4.78, 5) is 12.3. The van der Waals surface area contributed by atoms with Crippen molar-refractivity contribution in [2.75, 3.05) is 0 Å². The van der Waals surface area contributed by atoms with Crippen LogP contribution in [0, 0.1) is 20.8 Å². The average Bonchev–Trinajstić information content (AvgIpc) is 2.97. The molecular formula is C22H25N3O2. The molecule has 1 aromatic heterocycles. The topological polar surface area (TPSA) is 56.1 Å². The molecule has 1 heterocycles. The van der Waals surface area contributed by atoms with E-state index in [1.54, 1.807) is 4.68 Å². The van der Waals surface area contributed by atoms with Gasteiger partial charge in [0.2, 0.25) is 0 Å². The van der Waals surface area contributed by atoms with Gasteiger partial charge in [-0.2, -0.15) is 5.10 Å². The molecule has 0 spiro atoms. The Morgan fingerprint density at radius 3 is 2.33 bits per heavy atom. The minimum absolute atomic E-state index is 0.0968. The Bertz CT molecular complexity index is 922. The molecule has 0 atom stereocenters. The Morgan fingerprint density at radius 1 is 1.07 bits per heavy atom. The van der Waals surface area contributed by atoms with Crippen molar-refractivity contribution in [3.63, 3.8) is 0 Å². The van der Waals surface area contributed by atoms with Gasteiger partial charge in [0.15, 0.2) is 0 Å². The zero-order valence-corrected chi connectivity index (χ0v) is 16.2. The number of benzene rings is 2. The number of rotatable bonds is 6. The van der Waals surface area contributed by atoms with Gasteiger partial charge in [0, 0.05) is 30.9 Å². The maximum Gasteiger partial charge on any atom is 0.251 e. The number of ether oxygens (including phenoxy) is 1. The molecule has 0 fully saturated rings. The number of para-hydroxylation sites is 1. The summed E-state index contributed by atoms with van der Waals surface area (Å²) in [5, 5.41) is 7.22. The molecule has 0 unspecified atom stereocenters. The van der Waals surface area contributed by atoms with Crippen molar-refractivity contribution in [2.45, 2.75) is 33.9 Å². The number of nitrogens with zero attached hydrogens (tertiary/aromatic N) is 2. The van der Waals surface area contributed by atoms with Crippen molar-refractivity contribution in [1.82, 2.24) is 15.1 Å². The molecule has 5 nitrogen and oxygen atoms in total. The monoisotopic (exact) mass is 363 g/mol. The number of aromatic nitrogens is 2. The number of carbonyl (C=O) groups excluding carboxylic acids is 1. The standard InChI is InChI=1S/C22H25N3O2/c1-15-6-5-7-16(2)21(15)27-14-18-8-10-19(11-9-18)22(26)23-12-20-13-25(4)24-17(20)3/h5-11,13H,12,14H2,1-4H3,(H,23,26). The van der Waals surface area contributed by atoms with Gasteiger partial charge < -0.3 is 10.1 Å². The van der Waals surface area contributed by atoms with Gasteiger partial charge in [0.1, 0.15) is 12.4 Å². The molecule has 0 aliphatic carbocycles. The zero-order valence-electron chi connectivity index (χ0n) is 16.2. The minimum Gasteiger partial charge on any atom is -0.488 e. The first-order valence-corrected chi connectivity index (χ1v) is 8.99. The minimum atomic E-state index is -0.0968. The molecule has 5 heteroatoms. The van der Waals surface area contributed by atoms with Crippen molar-refractivity contribution < 1.29 is 9.53 Å². The van der Waals surface area contributed by atoms with Crippen LogP contribution < -0.4 is 10.1 Å². The lowest BCUT2D eigenvalue weighted by molar-refractivity contribution is 0.0951. The average molecular weight is 363 g/mol. The first-order valence-electron chi connectivity index (χ1n) is 8.99. The van der Waals surface area contributed by atoms with Crippen molar-refractivity contribution >= 4 is 5.91 Å². The van der Waals surface area contributed by atoms with Gasteiger partial charge in [-0.25, -0.2) is 0 Å². The first-order chi connectivity index (χ1) is 12.9. The maximum atomic E-state index is 12.3. The number of aryl methyl sites for hydroxylation is 4. The Labute approximate surface area is 160 Å². The number of amides is 1. The highest BCUT2D eigenvalue weighted by Gasteiger charge is 2.09. The fourth-order valence-corrected chi connectivity index (χ4v) is 3.03. The summed E-state index contributed by atoms with van der Waals surface area (Å²) in [6.07, 6.45) is 1.92. The molecule has 1 amide bonds. The highest BCUT2D eigenvalue weighted by molar-refractivity contribution is 5.94. The Kier molecular flexibility index (Phi) is 5.60. The van der Waals surface area contributed by atoms with Crippen LogP contribution in [-0.2, 0) is 20.2 Å². The number of hydrogen-bond donors (Lipinski definition) is 1.